The minimum Gasteiger partial charge on any atom is -0.493 e. The molecule has 2 aliphatic rings. The maximum atomic E-state index is 9.94. The topological polar surface area (TPSA) is 29.5 Å². The highest BCUT2D eigenvalue weighted by Crippen LogP contribution is 2.52. The van der Waals surface area contributed by atoms with Gasteiger partial charge in [-0.05, 0) is 76.8 Å². The van der Waals surface area contributed by atoms with Gasteiger partial charge in [-0.2, -0.15) is 0 Å². The molecule has 2 nitrogen and oxygen atoms in total. The first-order valence-corrected chi connectivity index (χ1v) is 13.3. The van der Waals surface area contributed by atoms with Crippen LogP contribution in [0, 0.1) is 0 Å². The van der Waals surface area contributed by atoms with E-state index in [0.29, 0.717) is 18.4 Å². The fourth-order valence-electron chi connectivity index (χ4n) is 5.76. The molecule has 1 N–H and O–H groups in total. The zero-order valence-electron chi connectivity index (χ0n) is 18.7. The number of halogens is 1. The van der Waals surface area contributed by atoms with Gasteiger partial charge in [0.25, 0.3) is 0 Å². The van der Waals surface area contributed by atoms with Crippen molar-refractivity contribution in [3.8, 4) is 16.9 Å². The first-order valence-electron chi connectivity index (χ1n) is 11.7. The Morgan fingerprint density at radius 1 is 0.794 bits per heavy atom. The van der Waals surface area contributed by atoms with Gasteiger partial charge in [-0.15, -0.1) is 0 Å². The van der Waals surface area contributed by atoms with Crippen LogP contribution in [0.1, 0.15) is 46.4 Å². The number of fused-ring (bicyclic) bond motifs is 2. The van der Waals surface area contributed by atoms with Gasteiger partial charge in [-0.25, -0.2) is 0 Å². The van der Waals surface area contributed by atoms with Crippen molar-refractivity contribution in [2.24, 2.45) is 0 Å². The molecule has 3 atom stereocenters. The van der Waals surface area contributed by atoms with Gasteiger partial charge in [-0.1, -0.05) is 82.7 Å². The summed E-state index contributed by atoms with van der Waals surface area (Å²) in [6.07, 6.45) is 2.13. The predicted octanol–water partition coefficient (Wildman–Crippen LogP) is 8.67. The van der Waals surface area contributed by atoms with E-state index in [1.807, 2.05) is 18.2 Å². The molecule has 0 saturated heterocycles. The first kappa shape index (κ1) is 22.0. The molecule has 0 saturated carbocycles. The van der Waals surface area contributed by atoms with Gasteiger partial charge in [-0.3, -0.25) is 0 Å². The molecule has 6 rings (SSSR count). The van der Waals surface area contributed by atoms with Crippen molar-refractivity contribution in [3.63, 3.8) is 0 Å². The minimum atomic E-state index is 0.247. The highest BCUT2D eigenvalue weighted by atomic mass is 79.9. The average molecular weight is 529 g/mol. The lowest BCUT2D eigenvalue weighted by Crippen LogP contribution is -2.23. The molecular weight excluding hydrogens is 504 g/mol. The largest absolute Gasteiger partial charge is 0.493 e. The highest BCUT2D eigenvalue weighted by Gasteiger charge is 2.39. The van der Waals surface area contributed by atoms with Crippen LogP contribution in [0.25, 0.3) is 11.1 Å². The predicted molar refractivity (Wildman–Crippen MR) is 143 cm³/mol. The van der Waals surface area contributed by atoms with Crippen LogP contribution in [0.2, 0.25) is 0 Å². The Bertz CT molecular complexity index is 1320. The van der Waals surface area contributed by atoms with Gasteiger partial charge < -0.3 is 9.29 Å². The molecule has 170 valence electrons. The smallest absolute Gasteiger partial charge is 0.124 e. The van der Waals surface area contributed by atoms with Gasteiger partial charge in [0.2, 0.25) is 0 Å². The maximum Gasteiger partial charge on any atom is 0.124 e. The molecule has 3 unspecified atom stereocenters. The van der Waals surface area contributed by atoms with E-state index < -0.39 is 0 Å². The molecule has 0 amide bonds. The monoisotopic (exact) mass is 528 g/mol. The normalized spacial score (nSPS) is 20.9. The molecule has 4 heteroatoms. The summed E-state index contributed by atoms with van der Waals surface area (Å²) in [5.41, 5.74) is 7.90. The number of ether oxygens (including phenoxy) is 1. The van der Waals surface area contributed by atoms with Gasteiger partial charge in [0, 0.05) is 32.9 Å². The summed E-state index contributed by atoms with van der Waals surface area (Å²) in [6, 6.07) is 32.5. The zero-order chi connectivity index (χ0) is 23.1. The van der Waals surface area contributed by atoms with Crippen molar-refractivity contribution in [1.82, 2.24) is 0 Å². The molecular formula is C30H25BrO2S. The van der Waals surface area contributed by atoms with Gasteiger partial charge >= 0.3 is 0 Å². The quantitative estimate of drug-likeness (QED) is 0.268. The van der Waals surface area contributed by atoms with E-state index in [0.717, 1.165) is 40.0 Å². The van der Waals surface area contributed by atoms with Crippen LogP contribution in [0.3, 0.4) is 0 Å². The molecule has 1 aliphatic carbocycles. The second kappa shape index (κ2) is 9.26. The lowest BCUT2D eigenvalue weighted by atomic mass is 9.68. The Morgan fingerprint density at radius 2 is 1.53 bits per heavy atom. The summed E-state index contributed by atoms with van der Waals surface area (Å²) in [6.45, 7) is 0.668. The van der Waals surface area contributed by atoms with E-state index in [1.165, 1.54) is 33.4 Å². The van der Waals surface area contributed by atoms with E-state index in [9.17, 15) is 4.55 Å². The van der Waals surface area contributed by atoms with Crippen molar-refractivity contribution in [2.75, 3.05) is 6.61 Å². The Kier molecular flexibility index (Phi) is 5.98. The van der Waals surface area contributed by atoms with Crippen molar-refractivity contribution >= 4 is 28.0 Å². The van der Waals surface area contributed by atoms with Crippen LogP contribution < -0.4 is 4.74 Å². The second-order valence-corrected chi connectivity index (χ2v) is 10.8. The number of hydrogen-bond donors (Lipinski definition) is 1. The lowest BCUT2D eigenvalue weighted by Gasteiger charge is -2.35. The van der Waals surface area contributed by atoms with Crippen molar-refractivity contribution < 1.29 is 9.29 Å². The van der Waals surface area contributed by atoms with E-state index in [2.05, 4.69) is 88.7 Å². The third kappa shape index (κ3) is 3.98. The van der Waals surface area contributed by atoms with Gasteiger partial charge in [0.1, 0.15) is 5.75 Å². The second-order valence-electron chi connectivity index (χ2n) is 9.25. The highest BCUT2D eigenvalue weighted by molar-refractivity contribution is 9.10. The molecule has 1 heterocycles. The van der Waals surface area contributed by atoms with Crippen LogP contribution in [0.15, 0.2) is 100 Å². The molecule has 4 aromatic rings. The summed E-state index contributed by atoms with van der Waals surface area (Å²) in [5, 5.41) is 0. The number of benzene rings is 4. The van der Waals surface area contributed by atoms with E-state index in [4.69, 9.17) is 4.74 Å². The van der Waals surface area contributed by atoms with Gasteiger partial charge in [0.15, 0.2) is 0 Å². The summed E-state index contributed by atoms with van der Waals surface area (Å²) in [7, 11) is 0. The fourth-order valence-corrected chi connectivity index (χ4v) is 6.52. The molecule has 1 aliphatic heterocycles. The Hall–Kier alpha value is -2.53. The van der Waals surface area contributed by atoms with Crippen molar-refractivity contribution in [3.05, 3.63) is 118 Å². The molecule has 0 aromatic heterocycles. The Balaban J connectivity index is 1.34. The molecule has 0 bridgehead atoms. The SMILES string of the molecule is OSc1cccc2c1C(C1CC(c3ccc(-c4ccc(Br)cc4)cc3)Cc3ccccc31)CO2. The van der Waals surface area contributed by atoms with Gasteiger partial charge in [0.05, 0.1) is 6.61 Å². The number of rotatable bonds is 4. The van der Waals surface area contributed by atoms with Crippen LogP contribution in [-0.2, 0) is 6.42 Å². The summed E-state index contributed by atoms with van der Waals surface area (Å²) in [5.74, 6) is 1.98. The van der Waals surface area contributed by atoms with Crippen LogP contribution >= 0.6 is 28.0 Å². The number of hydrogen-bond acceptors (Lipinski definition) is 3. The van der Waals surface area contributed by atoms with Crippen LogP contribution in [0.4, 0.5) is 0 Å². The maximum absolute atomic E-state index is 9.94. The summed E-state index contributed by atoms with van der Waals surface area (Å²) >= 11 is 4.36. The Labute approximate surface area is 213 Å². The van der Waals surface area contributed by atoms with Crippen molar-refractivity contribution in [2.45, 2.75) is 35.5 Å². The molecule has 0 radical (unpaired) electrons. The average Bonchev–Trinajstić information content (AvgIpc) is 3.33. The minimum absolute atomic E-state index is 0.247. The van der Waals surface area contributed by atoms with Crippen molar-refractivity contribution in [1.29, 1.82) is 0 Å². The third-order valence-electron chi connectivity index (χ3n) is 7.42. The lowest BCUT2D eigenvalue weighted by molar-refractivity contribution is 0.299. The summed E-state index contributed by atoms with van der Waals surface area (Å²) < 4.78 is 17.1. The molecule has 0 fully saturated rings. The fraction of sp³-hybridized carbons (Fsp3) is 0.200. The first-order chi connectivity index (χ1) is 16.7. The van der Waals surface area contributed by atoms with Crippen LogP contribution in [-0.4, -0.2) is 11.2 Å². The third-order valence-corrected chi connectivity index (χ3v) is 8.50. The van der Waals surface area contributed by atoms with E-state index in [1.54, 1.807) is 0 Å². The van der Waals surface area contributed by atoms with Crippen LogP contribution in [0.5, 0.6) is 5.75 Å². The van der Waals surface area contributed by atoms with E-state index >= 15 is 0 Å². The molecule has 0 spiro atoms. The molecule has 4 aromatic carbocycles. The zero-order valence-corrected chi connectivity index (χ0v) is 21.1. The summed E-state index contributed by atoms with van der Waals surface area (Å²) in [4.78, 5) is 0.915. The Morgan fingerprint density at radius 3 is 2.29 bits per heavy atom. The molecule has 34 heavy (non-hydrogen) atoms. The van der Waals surface area contributed by atoms with E-state index in [-0.39, 0.29) is 5.92 Å². The standard InChI is InChI=1S/C30H25BrO2S/c31-24-14-12-20(13-15-24)19-8-10-21(11-9-19)23-16-22-4-1-2-5-25(22)26(17-23)27-18-33-28-6-3-7-29(34-32)30(27)28/h1-15,23,26-27,32H,16-18H2.